The lowest BCUT2D eigenvalue weighted by Gasteiger charge is -2.35. The number of carbonyl (C=O) groups is 1. The summed E-state index contributed by atoms with van der Waals surface area (Å²) in [5.41, 5.74) is 2.35. The van der Waals surface area contributed by atoms with Gasteiger partial charge in [-0.1, -0.05) is 13.8 Å². The van der Waals surface area contributed by atoms with Crippen molar-refractivity contribution in [3.63, 3.8) is 0 Å². The summed E-state index contributed by atoms with van der Waals surface area (Å²) in [4.78, 5) is 11.3. The van der Waals surface area contributed by atoms with E-state index in [1.807, 2.05) is 24.3 Å². The predicted octanol–water partition coefficient (Wildman–Crippen LogP) is 4.64. The van der Waals surface area contributed by atoms with Gasteiger partial charge in [0.05, 0.1) is 6.61 Å². The zero-order valence-corrected chi connectivity index (χ0v) is 13.2. The largest absolute Gasteiger partial charge is 0.450 e. The Morgan fingerprint density at radius 3 is 2.33 bits per heavy atom. The minimum absolute atomic E-state index is 0.378. The SMILES string of the molecule is CCOC(=O)Nc1ccc(NC2CCC(C)(C)CC2)cc1. The van der Waals surface area contributed by atoms with Crippen LogP contribution in [-0.2, 0) is 4.74 Å². The summed E-state index contributed by atoms with van der Waals surface area (Å²) in [7, 11) is 0. The second-order valence-electron chi connectivity index (χ2n) is 6.51. The van der Waals surface area contributed by atoms with Gasteiger partial charge in [-0.15, -0.1) is 0 Å². The fraction of sp³-hybridized carbons (Fsp3) is 0.588. The van der Waals surface area contributed by atoms with Gasteiger partial charge in [0.15, 0.2) is 0 Å². The van der Waals surface area contributed by atoms with Gasteiger partial charge >= 0.3 is 6.09 Å². The highest BCUT2D eigenvalue weighted by molar-refractivity contribution is 5.84. The van der Waals surface area contributed by atoms with E-state index in [0.29, 0.717) is 18.1 Å². The van der Waals surface area contributed by atoms with Crippen LogP contribution in [0.4, 0.5) is 16.2 Å². The van der Waals surface area contributed by atoms with Gasteiger partial charge in [0.25, 0.3) is 0 Å². The first-order chi connectivity index (χ1) is 9.98. The summed E-state index contributed by atoms with van der Waals surface area (Å²) >= 11 is 0. The molecule has 0 unspecified atom stereocenters. The summed E-state index contributed by atoms with van der Waals surface area (Å²) in [5, 5.41) is 6.28. The lowest BCUT2D eigenvalue weighted by atomic mass is 9.75. The number of benzene rings is 1. The molecule has 4 nitrogen and oxygen atoms in total. The molecule has 2 N–H and O–H groups in total. The molecule has 116 valence electrons. The molecular formula is C17H26N2O2. The topological polar surface area (TPSA) is 50.4 Å². The molecule has 1 aliphatic carbocycles. The molecule has 0 spiro atoms. The lowest BCUT2D eigenvalue weighted by Crippen LogP contribution is -2.29. The molecule has 0 aromatic heterocycles. The Hall–Kier alpha value is -1.71. The molecule has 0 heterocycles. The molecule has 1 aromatic carbocycles. The van der Waals surface area contributed by atoms with Crippen LogP contribution in [0.25, 0.3) is 0 Å². The number of carbonyl (C=O) groups excluding carboxylic acids is 1. The highest BCUT2D eigenvalue weighted by atomic mass is 16.5. The molecule has 0 radical (unpaired) electrons. The maximum Gasteiger partial charge on any atom is 0.411 e. The summed E-state index contributed by atoms with van der Waals surface area (Å²) in [6, 6.07) is 8.35. The van der Waals surface area contributed by atoms with E-state index in [9.17, 15) is 4.79 Å². The first-order valence-electron chi connectivity index (χ1n) is 7.79. The standard InChI is InChI=1S/C17H26N2O2/c1-4-21-16(20)19-14-7-5-13(6-8-14)18-15-9-11-17(2,3)12-10-15/h5-8,15,18H,4,9-12H2,1-3H3,(H,19,20). The minimum atomic E-state index is -0.410. The van der Waals surface area contributed by atoms with Crippen LogP contribution in [0.1, 0.15) is 46.5 Å². The van der Waals surface area contributed by atoms with E-state index in [4.69, 9.17) is 4.74 Å². The van der Waals surface area contributed by atoms with Gasteiger partial charge in [0.1, 0.15) is 0 Å². The van der Waals surface area contributed by atoms with Crippen LogP contribution >= 0.6 is 0 Å². The van der Waals surface area contributed by atoms with E-state index in [2.05, 4.69) is 24.5 Å². The fourth-order valence-corrected chi connectivity index (χ4v) is 2.71. The summed E-state index contributed by atoms with van der Waals surface area (Å²) < 4.78 is 4.85. The molecule has 1 aromatic rings. The van der Waals surface area contributed by atoms with E-state index in [1.54, 1.807) is 6.92 Å². The van der Waals surface area contributed by atoms with Crippen LogP contribution in [0, 0.1) is 5.41 Å². The van der Waals surface area contributed by atoms with Crippen LogP contribution in [-0.4, -0.2) is 18.7 Å². The maximum absolute atomic E-state index is 11.3. The lowest BCUT2D eigenvalue weighted by molar-refractivity contribution is 0.168. The van der Waals surface area contributed by atoms with Crippen molar-refractivity contribution in [1.82, 2.24) is 0 Å². The average molecular weight is 290 g/mol. The summed E-state index contributed by atoms with van der Waals surface area (Å²) in [6.07, 6.45) is 4.57. The molecule has 1 fully saturated rings. The fourth-order valence-electron chi connectivity index (χ4n) is 2.71. The van der Waals surface area contributed by atoms with Crippen molar-refractivity contribution < 1.29 is 9.53 Å². The Labute approximate surface area is 127 Å². The van der Waals surface area contributed by atoms with Gasteiger partial charge in [0.2, 0.25) is 0 Å². The number of anilines is 2. The van der Waals surface area contributed by atoms with Crippen LogP contribution in [0.15, 0.2) is 24.3 Å². The Morgan fingerprint density at radius 2 is 1.76 bits per heavy atom. The van der Waals surface area contributed by atoms with Crippen LogP contribution in [0.2, 0.25) is 0 Å². The molecule has 21 heavy (non-hydrogen) atoms. The molecule has 1 amide bonds. The first kappa shape index (κ1) is 15.7. The third-order valence-corrected chi connectivity index (χ3v) is 4.12. The average Bonchev–Trinajstić information content (AvgIpc) is 2.43. The van der Waals surface area contributed by atoms with Gasteiger partial charge < -0.3 is 10.1 Å². The Bertz CT molecular complexity index is 458. The molecule has 1 saturated carbocycles. The second-order valence-corrected chi connectivity index (χ2v) is 6.51. The van der Waals surface area contributed by atoms with Crippen molar-refractivity contribution in [3.05, 3.63) is 24.3 Å². The van der Waals surface area contributed by atoms with Gasteiger partial charge in [-0.3, -0.25) is 5.32 Å². The van der Waals surface area contributed by atoms with Gasteiger partial charge in [-0.2, -0.15) is 0 Å². The van der Waals surface area contributed by atoms with E-state index < -0.39 is 6.09 Å². The van der Waals surface area contributed by atoms with Crippen molar-refractivity contribution in [2.45, 2.75) is 52.5 Å². The molecule has 2 rings (SSSR count). The zero-order valence-electron chi connectivity index (χ0n) is 13.2. The van der Waals surface area contributed by atoms with Crippen LogP contribution in [0.5, 0.6) is 0 Å². The quantitative estimate of drug-likeness (QED) is 0.849. The number of hydrogen-bond acceptors (Lipinski definition) is 3. The van der Waals surface area contributed by atoms with Crippen molar-refractivity contribution in [3.8, 4) is 0 Å². The number of nitrogens with one attached hydrogen (secondary N) is 2. The Morgan fingerprint density at radius 1 is 1.19 bits per heavy atom. The number of rotatable bonds is 4. The maximum atomic E-state index is 11.3. The van der Waals surface area contributed by atoms with Crippen molar-refractivity contribution in [2.75, 3.05) is 17.2 Å². The summed E-state index contributed by atoms with van der Waals surface area (Å²) in [6.45, 7) is 6.86. The minimum Gasteiger partial charge on any atom is -0.450 e. The molecular weight excluding hydrogens is 264 g/mol. The number of hydrogen-bond donors (Lipinski definition) is 2. The van der Waals surface area contributed by atoms with Gasteiger partial charge in [-0.05, 0) is 62.3 Å². The third-order valence-electron chi connectivity index (χ3n) is 4.12. The van der Waals surface area contributed by atoms with Gasteiger partial charge in [-0.25, -0.2) is 4.79 Å². The Kier molecular flexibility index (Phi) is 5.10. The zero-order chi connectivity index (χ0) is 15.3. The monoisotopic (exact) mass is 290 g/mol. The van der Waals surface area contributed by atoms with Crippen molar-refractivity contribution >= 4 is 17.5 Å². The molecule has 4 heteroatoms. The third kappa shape index (κ3) is 4.96. The number of amides is 1. The van der Waals surface area contributed by atoms with Gasteiger partial charge in [0, 0.05) is 17.4 Å². The van der Waals surface area contributed by atoms with Crippen molar-refractivity contribution in [2.24, 2.45) is 5.41 Å². The highest BCUT2D eigenvalue weighted by Gasteiger charge is 2.26. The summed E-state index contributed by atoms with van der Waals surface area (Å²) in [5.74, 6) is 0. The first-order valence-corrected chi connectivity index (χ1v) is 7.79. The van der Waals surface area contributed by atoms with Crippen LogP contribution in [0.3, 0.4) is 0 Å². The second kappa shape index (κ2) is 6.83. The van der Waals surface area contributed by atoms with E-state index >= 15 is 0 Å². The highest BCUT2D eigenvalue weighted by Crippen LogP contribution is 2.36. The molecule has 1 aliphatic rings. The molecule has 0 aliphatic heterocycles. The molecule has 0 atom stereocenters. The van der Waals surface area contributed by atoms with E-state index in [1.165, 1.54) is 25.7 Å². The molecule has 0 bridgehead atoms. The van der Waals surface area contributed by atoms with Crippen LogP contribution < -0.4 is 10.6 Å². The predicted molar refractivity (Wildman–Crippen MR) is 86.7 cm³/mol. The van der Waals surface area contributed by atoms with E-state index in [-0.39, 0.29) is 0 Å². The smallest absolute Gasteiger partial charge is 0.411 e. The van der Waals surface area contributed by atoms with E-state index in [0.717, 1.165) is 11.4 Å². The molecule has 0 saturated heterocycles. The normalized spacial score (nSPS) is 18.0. The number of ether oxygens (including phenoxy) is 1. The Balaban J connectivity index is 1.84. The van der Waals surface area contributed by atoms with Crippen molar-refractivity contribution in [1.29, 1.82) is 0 Å².